The number of rotatable bonds is 5. The van der Waals surface area contributed by atoms with Crippen molar-refractivity contribution in [2.45, 2.75) is 13.0 Å². The molecule has 0 heterocycles. The Hall–Kier alpha value is -2.77. The Kier molecular flexibility index (Phi) is 6.43. The molecule has 136 valence electrons. The molecule has 0 aromatic heterocycles. The normalized spacial score (nSPS) is 11.3. The van der Waals surface area contributed by atoms with E-state index >= 15 is 0 Å². The van der Waals surface area contributed by atoms with E-state index in [1.54, 1.807) is 18.2 Å². The van der Waals surface area contributed by atoms with Gasteiger partial charge in [-0.15, -0.1) is 0 Å². The first kappa shape index (κ1) is 19.6. The average Bonchev–Trinajstić information content (AvgIpc) is 2.57. The predicted octanol–water partition coefficient (Wildman–Crippen LogP) is 3.67. The van der Waals surface area contributed by atoms with Crippen molar-refractivity contribution < 1.29 is 19.1 Å². The number of halogens is 2. The second-order valence-electron chi connectivity index (χ2n) is 5.23. The highest BCUT2D eigenvalue weighted by Crippen LogP contribution is 2.25. The molecule has 0 radical (unpaired) electrons. The fourth-order valence-corrected chi connectivity index (χ4v) is 2.31. The van der Waals surface area contributed by atoms with Crippen LogP contribution in [0.5, 0.6) is 0 Å². The quantitative estimate of drug-likeness (QED) is 0.670. The van der Waals surface area contributed by atoms with E-state index in [0.29, 0.717) is 21.4 Å². The van der Waals surface area contributed by atoms with Gasteiger partial charge in [-0.1, -0.05) is 29.3 Å². The first-order valence-electron chi connectivity index (χ1n) is 7.39. The number of carbonyl (C=O) groups excluding carboxylic acids is 3. The van der Waals surface area contributed by atoms with Gasteiger partial charge in [-0.05, 0) is 43.3 Å². The molecule has 0 aliphatic heterocycles. The summed E-state index contributed by atoms with van der Waals surface area (Å²) in [6, 6.07) is 9.79. The van der Waals surface area contributed by atoms with E-state index in [1.807, 2.05) is 0 Å². The third kappa shape index (κ3) is 5.37. The van der Waals surface area contributed by atoms with Crippen LogP contribution in [0.25, 0.3) is 0 Å². The van der Waals surface area contributed by atoms with Gasteiger partial charge in [0.2, 0.25) is 0 Å². The van der Waals surface area contributed by atoms with Crippen molar-refractivity contribution in [2.24, 2.45) is 5.73 Å². The van der Waals surface area contributed by atoms with E-state index in [2.05, 4.69) is 10.6 Å². The molecule has 26 heavy (non-hydrogen) atoms. The number of nitrogens with two attached hydrogens (primary N) is 1. The Balaban J connectivity index is 2.03. The van der Waals surface area contributed by atoms with Gasteiger partial charge in [-0.3, -0.25) is 4.79 Å². The van der Waals surface area contributed by atoms with Crippen LogP contribution in [0.3, 0.4) is 0 Å². The largest absolute Gasteiger partial charge is 0.449 e. The van der Waals surface area contributed by atoms with Crippen LogP contribution in [0.1, 0.15) is 17.3 Å². The molecule has 0 fully saturated rings. The van der Waals surface area contributed by atoms with E-state index < -0.39 is 24.0 Å². The third-order valence-electron chi connectivity index (χ3n) is 3.21. The smallest absolute Gasteiger partial charge is 0.338 e. The van der Waals surface area contributed by atoms with E-state index in [9.17, 15) is 14.4 Å². The first-order chi connectivity index (χ1) is 12.3. The van der Waals surface area contributed by atoms with Crippen LogP contribution < -0.4 is 16.4 Å². The summed E-state index contributed by atoms with van der Waals surface area (Å²) in [4.78, 5) is 35.2. The summed E-state index contributed by atoms with van der Waals surface area (Å²) < 4.78 is 5.13. The van der Waals surface area contributed by atoms with Gasteiger partial charge in [-0.2, -0.15) is 0 Å². The monoisotopic (exact) mass is 395 g/mol. The number of hydrogen-bond acceptors (Lipinski definition) is 4. The molecule has 0 saturated carbocycles. The highest BCUT2D eigenvalue weighted by molar-refractivity contribution is 6.35. The molecule has 7 nitrogen and oxygen atoms in total. The van der Waals surface area contributed by atoms with Crippen molar-refractivity contribution in [2.75, 3.05) is 10.6 Å². The fourth-order valence-electron chi connectivity index (χ4n) is 1.98. The minimum absolute atomic E-state index is 0.150. The number of anilines is 2. The third-order valence-corrected chi connectivity index (χ3v) is 3.77. The average molecular weight is 396 g/mol. The summed E-state index contributed by atoms with van der Waals surface area (Å²) in [6.45, 7) is 1.41. The minimum Gasteiger partial charge on any atom is -0.449 e. The highest BCUT2D eigenvalue weighted by atomic mass is 35.5. The van der Waals surface area contributed by atoms with Crippen molar-refractivity contribution in [1.29, 1.82) is 0 Å². The van der Waals surface area contributed by atoms with Gasteiger partial charge in [0.15, 0.2) is 6.10 Å². The van der Waals surface area contributed by atoms with Gasteiger partial charge in [0.25, 0.3) is 5.91 Å². The molecule has 9 heteroatoms. The van der Waals surface area contributed by atoms with Crippen LogP contribution in [0.15, 0.2) is 42.5 Å². The minimum atomic E-state index is -1.09. The second kappa shape index (κ2) is 8.55. The summed E-state index contributed by atoms with van der Waals surface area (Å²) in [5.74, 6) is -1.31. The molecule has 2 aromatic rings. The molecule has 0 spiro atoms. The van der Waals surface area contributed by atoms with Gasteiger partial charge in [0.1, 0.15) is 0 Å². The lowest BCUT2D eigenvalue weighted by atomic mass is 10.2. The summed E-state index contributed by atoms with van der Waals surface area (Å²) in [7, 11) is 0. The zero-order valence-corrected chi connectivity index (χ0v) is 15.1. The molecular formula is C17H15Cl2N3O4. The maximum atomic E-state index is 12.2. The molecular weight excluding hydrogens is 381 g/mol. The number of ether oxygens (including phenoxy) is 1. The molecule has 0 bridgehead atoms. The Morgan fingerprint density at radius 3 is 2.50 bits per heavy atom. The van der Waals surface area contributed by atoms with E-state index in [0.717, 1.165) is 0 Å². The molecule has 2 rings (SSSR count). The molecule has 4 N–H and O–H groups in total. The standard InChI is InChI=1S/C17H15Cl2N3O4/c1-9(15(23)22-14-8-11(18)5-6-13(14)19)26-16(24)10-3-2-4-12(7-10)21-17(20)25/h2-9H,1H3,(H,22,23)(H3,20,21,25)/t9-/m1/s1. The van der Waals surface area contributed by atoms with Gasteiger partial charge in [0, 0.05) is 10.7 Å². The number of urea groups is 1. The number of esters is 1. The van der Waals surface area contributed by atoms with E-state index in [-0.39, 0.29) is 5.56 Å². The van der Waals surface area contributed by atoms with Crippen LogP contribution >= 0.6 is 23.2 Å². The lowest BCUT2D eigenvalue weighted by molar-refractivity contribution is -0.123. The lowest BCUT2D eigenvalue weighted by Crippen LogP contribution is -2.30. The zero-order chi connectivity index (χ0) is 19.3. The Labute approximate surface area is 159 Å². The van der Waals surface area contributed by atoms with Crippen molar-refractivity contribution in [3.05, 3.63) is 58.1 Å². The SMILES string of the molecule is C[C@@H](OC(=O)c1cccc(NC(N)=O)c1)C(=O)Nc1cc(Cl)ccc1Cl. The van der Waals surface area contributed by atoms with E-state index in [4.69, 9.17) is 33.7 Å². The molecule has 0 aliphatic carbocycles. The topological polar surface area (TPSA) is 111 Å². The van der Waals surface area contributed by atoms with Crippen LogP contribution in [-0.4, -0.2) is 24.0 Å². The molecule has 3 amide bonds. The first-order valence-corrected chi connectivity index (χ1v) is 8.15. The summed E-state index contributed by atoms with van der Waals surface area (Å²) >= 11 is 11.8. The van der Waals surface area contributed by atoms with Gasteiger partial charge in [0.05, 0.1) is 16.3 Å². The van der Waals surface area contributed by atoms with Gasteiger partial charge in [-0.25, -0.2) is 9.59 Å². The van der Waals surface area contributed by atoms with Gasteiger partial charge >= 0.3 is 12.0 Å². The maximum Gasteiger partial charge on any atom is 0.338 e. The van der Waals surface area contributed by atoms with Crippen LogP contribution in [-0.2, 0) is 9.53 Å². The molecule has 0 saturated heterocycles. The Morgan fingerprint density at radius 2 is 1.81 bits per heavy atom. The summed E-state index contributed by atoms with van der Waals surface area (Å²) in [6.07, 6.45) is -1.09. The number of benzene rings is 2. The molecule has 2 aromatic carbocycles. The summed E-state index contributed by atoms with van der Waals surface area (Å²) in [5.41, 5.74) is 5.81. The molecule has 0 aliphatic rings. The Bertz CT molecular complexity index is 858. The van der Waals surface area contributed by atoms with Crippen molar-refractivity contribution in [3.63, 3.8) is 0 Å². The zero-order valence-electron chi connectivity index (χ0n) is 13.6. The number of amides is 3. The number of carbonyl (C=O) groups is 3. The maximum absolute atomic E-state index is 12.2. The van der Waals surface area contributed by atoms with Crippen molar-refractivity contribution in [3.8, 4) is 0 Å². The second-order valence-corrected chi connectivity index (χ2v) is 6.07. The molecule has 0 unspecified atom stereocenters. The van der Waals surface area contributed by atoms with Crippen molar-refractivity contribution in [1.82, 2.24) is 0 Å². The van der Waals surface area contributed by atoms with Gasteiger partial charge < -0.3 is 21.1 Å². The number of hydrogen-bond donors (Lipinski definition) is 3. The summed E-state index contributed by atoms with van der Waals surface area (Å²) in [5, 5.41) is 5.58. The number of nitrogens with one attached hydrogen (secondary N) is 2. The van der Waals surface area contributed by atoms with Crippen LogP contribution in [0.4, 0.5) is 16.2 Å². The Morgan fingerprint density at radius 1 is 1.08 bits per heavy atom. The fraction of sp³-hybridized carbons (Fsp3) is 0.118. The van der Waals surface area contributed by atoms with E-state index in [1.165, 1.54) is 31.2 Å². The molecule has 1 atom stereocenters. The number of primary amides is 1. The highest BCUT2D eigenvalue weighted by Gasteiger charge is 2.20. The van der Waals surface area contributed by atoms with Crippen LogP contribution in [0, 0.1) is 0 Å². The van der Waals surface area contributed by atoms with Crippen LogP contribution in [0.2, 0.25) is 10.0 Å². The lowest BCUT2D eigenvalue weighted by Gasteiger charge is -2.14. The predicted molar refractivity (Wildman–Crippen MR) is 99.6 cm³/mol. The van der Waals surface area contributed by atoms with Crippen molar-refractivity contribution >= 4 is 52.5 Å².